The van der Waals surface area contributed by atoms with Gasteiger partial charge in [0.05, 0.1) is 5.54 Å². The number of rotatable bonds is 16. The first-order valence-electron chi connectivity index (χ1n) is 21.5. The Morgan fingerprint density at radius 2 is 1.20 bits per heavy atom. The number of unbranched alkanes of at least 4 members (excludes halogenated alkanes) is 1. The molecule has 0 spiro atoms. The Kier molecular flexibility index (Phi) is 13.0. The third-order valence-corrected chi connectivity index (χ3v) is 17.1. The van der Waals surface area contributed by atoms with E-state index in [1.807, 2.05) is 60.7 Å². The second-order valence-corrected chi connectivity index (χ2v) is 22.5. The van der Waals surface area contributed by atoms with Gasteiger partial charge in [-0.2, -0.15) is 0 Å². The van der Waals surface area contributed by atoms with E-state index in [2.05, 4.69) is 148 Å². The Labute approximate surface area is 363 Å². The Balaban J connectivity index is 1.15. The van der Waals surface area contributed by atoms with Crippen molar-refractivity contribution in [2.24, 2.45) is 0 Å². The zero-order valence-electron chi connectivity index (χ0n) is 36.3. The van der Waals surface area contributed by atoms with Gasteiger partial charge in [-0.3, -0.25) is 15.0 Å². The molecule has 1 aliphatic rings. The smallest absolute Gasteiger partial charge is 0.408 e. The molecular formula is C53H59N3O4Si. The molecule has 0 saturated carbocycles. The van der Waals surface area contributed by atoms with Gasteiger partial charge in [0.1, 0.15) is 11.8 Å². The molecule has 0 radical (unpaired) electrons. The second kappa shape index (κ2) is 18.3. The number of carboxylic acid groups (broad SMARTS) is 1. The summed E-state index contributed by atoms with van der Waals surface area (Å²) in [4.78, 5) is 29.3. The standard InChI is InChI=1S/C53H59N3O4Si/c1-38-28-30-41(31-29-38)53(39-19-9-7-10-20-39,40-21-11-8-12-22-40)54-36-18-17-27-49(50(57)55-42-32-34-43(35-33-42)60-61(5,6)52(2,3)4)56(51(58)59)37-48-46-25-15-13-23-44(46)45-24-14-16-26-47(45)48/h7-16,19-26,28-35,48-49,54H,17-18,27,36-37H2,1-6H3,(H,55,57)(H,58,59)/t49-/m0/s1. The van der Waals surface area contributed by atoms with Crippen molar-refractivity contribution in [3.05, 3.63) is 191 Å². The number of amides is 2. The molecule has 0 saturated heterocycles. The zero-order valence-corrected chi connectivity index (χ0v) is 37.3. The molecule has 7 nitrogen and oxygen atoms in total. The van der Waals surface area contributed by atoms with Crippen molar-refractivity contribution >= 4 is 26.0 Å². The number of fused-ring (bicyclic) bond motifs is 3. The van der Waals surface area contributed by atoms with Crippen molar-refractivity contribution in [2.45, 2.75) is 82.6 Å². The van der Waals surface area contributed by atoms with Crippen LogP contribution in [0.15, 0.2) is 158 Å². The van der Waals surface area contributed by atoms with E-state index in [0.29, 0.717) is 31.5 Å². The van der Waals surface area contributed by atoms with Gasteiger partial charge in [0.25, 0.3) is 0 Å². The van der Waals surface area contributed by atoms with Gasteiger partial charge in [-0.05, 0) is 114 Å². The minimum absolute atomic E-state index is 0.0362. The third kappa shape index (κ3) is 9.36. The monoisotopic (exact) mass is 829 g/mol. The van der Waals surface area contributed by atoms with Crippen LogP contribution in [0.25, 0.3) is 11.1 Å². The maximum atomic E-state index is 14.5. The highest BCUT2D eigenvalue weighted by molar-refractivity contribution is 6.74. The van der Waals surface area contributed by atoms with E-state index in [0.717, 1.165) is 44.7 Å². The lowest BCUT2D eigenvalue weighted by Crippen LogP contribution is -2.48. The minimum atomic E-state index is -2.07. The fourth-order valence-electron chi connectivity index (χ4n) is 8.42. The Hall–Kier alpha value is -5.96. The SMILES string of the molecule is Cc1ccc(C(NCCCC[C@@H](C(=O)Nc2ccc(O[Si](C)(C)C(C)(C)C)cc2)N(CC2c3ccccc3-c3ccccc32)C(=O)O)(c2ccccc2)c2ccccc2)cc1. The van der Waals surface area contributed by atoms with Gasteiger partial charge in [-0.1, -0.05) is 160 Å². The van der Waals surface area contributed by atoms with E-state index in [4.69, 9.17) is 4.43 Å². The lowest BCUT2D eigenvalue weighted by Gasteiger charge is -2.37. The summed E-state index contributed by atoms with van der Waals surface area (Å²) in [6.07, 6.45) is 0.541. The van der Waals surface area contributed by atoms with Gasteiger partial charge < -0.3 is 14.8 Å². The van der Waals surface area contributed by atoms with Gasteiger partial charge in [0.15, 0.2) is 0 Å². The molecule has 1 aliphatic carbocycles. The highest BCUT2D eigenvalue weighted by atomic mass is 28.4. The van der Waals surface area contributed by atoms with E-state index >= 15 is 0 Å². The Bertz CT molecular complexity index is 2330. The van der Waals surface area contributed by atoms with Gasteiger partial charge in [0, 0.05) is 18.2 Å². The molecule has 3 N–H and O–H groups in total. The van der Waals surface area contributed by atoms with Crippen molar-refractivity contribution in [2.75, 3.05) is 18.4 Å². The Morgan fingerprint density at radius 1 is 0.689 bits per heavy atom. The van der Waals surface area contributed by atoms with E-state index in [9.17, 15) is 14.7 Å². The first-order valence-corrected chi connectivity index (χ1v) is 24.4. The summed E-state index contributed by atoms with van der Waals surface area (Å²) in [6, 6.07) is 52.6. The van der Waals surface area contributed by atoms with Gasteiger partial charge in [0.2, 0.25) is 14.2 Å². The predicted octanol–water partition coefficient (Wildman–Crippen LogP) is 12.2. The van der Waals surface area contributed by atoms with E-state index in [1.54, 1.807) is 0 Å². The number of anilines is 1. The number of hydrogen-bond acceptors (Lipinski definition) is 4. The molecule has 0 fully saturated rings. The molecule has 2 amide bonds. The number of nitrogens with one attached hydrogen (secondary N) is 2. The summed E-state index contributed by atoms with van der Waals surface area (Å²) in [6.45, 7) is 13.9. The molecule has 0 bridgehead atoms. The van der Waals surface area contributed by atoms with E-state index in [-0.39, 0.29) is 23.4 Å². The topological polar surface area (TPSA) is 90.9 Å². The van der Waals surface area contributed by atoms with Gasteiger partial charge in [-0.15, -0.1) is 0 Å². The summed E-state index contributed by atoms with van der Waals surface area (Å²) < 4.78 is 6.50. The van der Waals surface area contributed by atoms with E-state index in [1.165, 1.54) is 10.5 Å². The van der Waals surface area contributed by atoms with Crippen molar-refractivity contribution < 1.29 is 19.1 Å². The molecule has 314 valence electrons. The van der Waals surface area contributed by atoms with Crippen LogP contribution in [-0.2, 0) is 10.3 Å². The Morgan fingerprint density at radius 3 is 1.72 bits per heavy atom. The number of aryl methyl sites for hydroxylation is 1. The minimum Gasteiger partial charge on any atom is -0.544 e. The summed E-state index contributed by atoms with van der Waals surface area (Å²) in [7, 11) is -2.07. The van der Waals surface area contributed by atoms with Crippen LogP contribution in [0.1, 0.15) is 79.3 Å². The van der Waals surface area contributed by atoms with Crippen LogP contribution >= 0.6 is 0 Å². The number of benzene rings is 6. The highest BCUT2D eigenvalue weighted by Crippen LogP contribution is 2.45. The van der Waals surface area contributed by atoms with Crippen molar-refractivity contribution in [1.29, 1.82) is 0 Å². The van der Waals surface area contributed by atoms with Gasteiger partial charge >= 0.3 is 6.09 Å². The highest BCUT2D eigenvalue weighted by Gasteiger charge is 2.40. The predicted molar refractivity (Wildman–Crippen MR) is 251 cm³/mol. The molecular weight excluding hydrogens is 771 g/mol. The lowest BCUT2D eigenvalue weighted by molar-refractivity contribution is -0.121. The fourth-order valence-corrected chi connectivity index (χ4v) is 9.46. The van der Waals surface area contributed by atoms with Crippen LogP contribution in [0, 0.1) is 6.92 Å². The number of carbonyl (C=O) groups excluding carboxylic acids is 1. The second-order valence-electron chi connectivity index (χ2n) is 17.8. The molecule has 61 heavy (non-hydrogen) atoms. The molecule has 0 heterocycles. The molecule has 1 atom stereocenters. The first-order chi connectivity index (χ1) is 29.3. The molecule has 6 aromatic carbocycles. The van der Waals surface area contributed by atoms with Crippen molar-refractivity contribution in [3.63, 3.8) is 0 Å². The maximum Gasteiger partial charge on any atom is 0.408 e. The summed E-state index contributed by atoms with van der Waals surface area (Å²) in [5.41, 5.74) is 8.88. The average Bonchev–Trinajstić information content (AvgIpc) is 3.57. The normalized spacial score (nSPS) is 13.2. The quantitative estimate of drug-likeness (QED) is 0.0513. The maximum absolute atomic E-state index is 14.5. The van der Waals surface area contributed by atoms with Crippen molar-refractivity contribution in [1.82, 2.24) is 10.2 Å². The largest absolute Gasteiger partial charge is 0.544 e. The number of hydrogen-bond donors (Lipinski definition) is 3. The molecule has 8 heteroatoms. The molecule has 6 aromatic rings. The first kappa shape index (κ1) is 43.1. The van der Waals surface area contributed by atoms with Crippen LogP contribution in [-0.4, -0.2) is 49.5 Å². The molecule has 0 unspecified atom stereocenters. The molecule has 0 aromatic heterocycles. The fraction of sp³-hybridized carbons (Fsp3) is 0.283. The van der Waals surface area contributed by atoms with Crippen LogP contribution in [0.4, 0.5) is 10.5 Å². The summed E-state index contributed by atoms with van der Waals surface area (Å²) in [5, 5.41) is 18.0. The zero-order chi connectivity index (χ0) is 43.2. The van der Waals surface area contributed by atoms with Crippen LogP contribution in [0.5, 0.6) is 5.75 Å². The molecule has 0 aliphatic heterocycles. The third-order valence-electron chi connectivity index (χ3n) is 12.8. The van der Waals surface area contributed by atoms with Crippen molar-refractivity contribution in [3.8, 4) is 16.9 Å². The lowest BCUT2D eigenvalue weighted by atomic mass is 9.76. The molecule has 7 rings (SSSR count). The van der Waals surface area contributed by atoms with Crippen LogP contribution in [0.2, 0.25) is 18.1 Å². The van der Waals surface area contributed by atoms with Crippen LogP contribution in [0.3, 0.4) is 0 Å². The number of carbonyl (C=O) groups is 2. The average molecular weight is 830 g/mol. The summed E-state index contributed by atoms with van der Waals surface area (Å²) >= 11 is 0. The number of nitrogens with zero attached hydrogens (tertiary/aromatic N) is 1. The summed E-state index contributed by atoms with van der Waals surface area (Å²) in [5.74, 6) is 0.196. The van der Waals surface area contributed by atoms with Crippen LogP contribution < -0.4 is 15.1 Å². The van der Waals surface area contributed by atoms with Gasteiger partial charge in [-0.25, -0.2) is 4.79 Å². The van der Waals surface area contributed by atoms with E-state index < -0.39 is 26.0 Å².